The molecule has 0 atom stereocenters. The zero-order chi connectivity index (χ0) is 17.6. The van der Waals surface area contributed by atoms with Crippen LogP contribution >= 0.6 is 0 Å². The smallest absolute Gasteiger partial charge is 0.349 e. The maximum Gasteiger partial charge on any atom is 0.349 e. The average Bonchev–Trinajstić information content (AvgIpc) is 2.63. The second-order valence-corrected chi connectivity index (χ2v) is 6.14. The molecular formula is C19H23N2O4+. The third-order valence-electron chi connectivity index (χ3n) is 4.41. The van der Waals surface area contributed by atoms with Gasteiger partial charge in [0.15, 0.2) is 0 Å². The summed E-state index contributed by atoms with van der Waals surface area (Å²) in [4.78, 5) is 26.0. The largest absolute Gasteiger partial charge is 0.422 e. The Kier molecular flexibility index (Phi) is 5.63. The Labute approximate surface area is 146 Å². The fourth-order valence-electron chi connectivity index (χ4n) is 3.04. The summed E-state index contributed by atoms with van der Waals surface area (Å²) >= 11 is 0. The van der Waals surface area contributed by atoms with E-state index in [1.54, 1.807) is 12.1 Å². The highest BCUT2D eigenvalue weighted by molar-refractivity contribution is 5.96. The lowest BCUT2D eigenvalue weighted by atomic mass is 10.1. The van der Waals surface area contributed by atoms with Crippen molar-refractivity contribution in [3.8, 4) is 0 Å². The second-order valence-electron chi connectivity index (χ2n) is 6.14. The summed E-state index contributed by atoms with van der Waals surface area (Å²) in [5.41, 5.74) is 0.828. The quantitative estimate of drug-likeness (QED) is 0.579. The molecule has 3 rings (SSSR count). The lowest BCUT2D eigenvalue weighted by Gasteiger charge is -2.23. The maximum atomic E-state index is 12.3. The molecule has 1 saturated heterocycles. The fraction of sp³-hybridized carbons (Fsp3) is 0.368. The molecule has 1 amide bonds. The topological polar surface area (TPSA) is 73.0 Å². The number of hydrogen-bond donors (Lipinski definition) is 2. The number of allylic oxidation sites excluding steroid dienone is 1. The first kappa shape index (κ1) is 17.4. The predicted molar refractivity (Wildman–Crippen MR) is 95.1 cm³/mol. The molecule has 2 aromatic rings. The van der Waals surface area contributed by atoms with Gasteiger partial charge in [0, 0.05) is 5.39 Å². The van der Waals surface area contributed by atoms with Gasteiger partial charge in [0.25, 0.3) is 5.91 Å². The number of hydrogen-bond acceptors (Lipinski definition) is 4. The molecule has 0 saturated carbocycles. The van der Waals surface area contributed by atoms with E-state index in [1.165, 1.54) is 4.90 Å². The summed E-state index contributed by atoms with van der Waals surface area (Å²) < 4.78 is 10.7. The third kappa shape index (κ3) is 4.15. The molecule has 1 aliphatic rings. The van der Waals surface area contributed by atoms with Crippen LogP contribution in [-0.4, -0.2) is 45.3 Å². The summed E-state index contributed by atoms with van der Waals surface area (Å²) in [5, 5.41) is 3.55. The molecule has 1 fully saturated rings. The Balaban J connectivity index is 1.71. The van der Waals surface area contributed by atoms with Crippen LogP contribution in [0.5, 0.6) is 0 Å². The normalized spacial score (nSPS) is 15.2. The van der Waals surface area contributed by atoms with Gasteiger partial charge >= 0.3 is 5.63 Å². The van der Waals surface area contributed by atoms with Crippen molar-refractivity contribution in [1.29, 1.82) is 0 Å². The molecule has 1 aromatic heterocycles. The Morgan fingerprint density at radius 3 is 2.88 bits per heavy atom. The second kappa shape index (κ2) is 8.09. The Morgan fingerprint density at radius 2 is 2.12 bits per heavy atom. The Morgan fingerprint density at radius 1 is 1.32 bits per heavy atom. The number of morpholine rings is 1. The van der Waals surface area contributed by atoms with Crippen LogP contribution in [0.3, 0.4) is 0 Å². The fourth-order valence-corrected chi connectivity index (χ4v) is 3.04. The molecule has 2 heterocycles. The minimum absolute atomic E-state index is 0.0419. The monoisotopic (exact) mass is 343 g/mol. The van der Waals surface area contributed by atoms with Gasteiger partial charge in [0.2, 0.25) is 0 Å². The van der Waals surface area contributed by atoms with E-state index in [0.717, 1.165) is 43.8 Å². The highest BCUT2D eigenvalue weighted by Gasteiger charge is 2.17. The molecule has 6 heteroatoms. The number of ether oxygens (including phenoxy) is 1. The van der Waals surface area contributed by atoms with Crippen LogP contribution < -0.4 is 15.8 Å². The van der Waals surface area contributed by atoms with Crippen molar-refractivity contribution in [3.63, 3.8) is 0 Å². The van der Waals surface area contributed by atoms with E-state index in [-0.39, 0.29) is 5.56 Å². The van der Waals surface area contributed by atoms with E-state index in [0.29, 0.717) is 18.5 Å². The van der Waals surface area contributed by atoms with Crippen molar-refractivity contribution in [2.75, 3.05) is 39.4 Å². The van der Waals surface area contributed by atoms with Crippen LogP contribution in [0.4, 0.5) is 0 Å². The Bertz CT molecular complexity index is 822. The van der Waals surface area contributed by atoms with E-state index in [2.05, 4.69) is 11.9 Å². The molecule has 0 spiro atoms. The van der Waals surface area contributed by atoms with Crippen LogP contribution in [0.15, 0.2) is 46.1 Å². The van der Waals surface area contributed by atoms with Gasteiger partial charge in [-0.1, -0.05) is 24.3 Å². The molecule has 25 heavy (non-hydrogen) atoms. The zero-order valence-corrected chi connectivity index (χ0v) is 14.2. The first-order valence-corrected chi connectivity index (χ1v) is 8.55. The molecular weight excluding hydrogens is 320 g/mol. The highest BCUT2D eigenvalue weighted by atomic mass is 16.5. The SMILES string of the molecule is C=CCc1cccc2cc(C(=O)NCC[NH+]3CCOCC3)c(=O)oc12. The van der Waals surface area contributed by atoms with Crippen molar-refractivity contribution < 1.29 is 18.8 Å². The number of carbonyl (C=O) groups excluding carboxylic acids is 1. The van der Waals surface area contributed by atoms with Gasteiger partial charge in [0.1, 0.15) is 24.2 Å². The van der Waals surface area contributed by atoms with Crippen LogP contribution in [0, 0.1) is 0 Å². The summed E-state index contributed by atoms with van der Waals surface area (Å²) in [7, 11) is 0. The standard InChI is InChI=1S/C19H22N2O4/c1-2-4-14-5-3-6-15-13-16(19(23)25-17(14)15)18(22)20-7-8-21-9-11-24-12-10-21/h2-3,5-6,13H,1,4,7-12H2,(H,20,22)/p+1. The number of para-hydroxylation sites is 1. The number of nitrogens with one attached hydrogen (secondary N) is 2. The summed E-state index contributed by atoms with van der Waals surface area (Å²) in [6.07, 6.45) is 2.36. The molecule has 0 unspecified atom stereocenters. The van der Waals surface area contributed by atoms with Crippen molar-refractivity contribution >= 4 is 16.9 Å². The van der Waals surface area contributed by atoms with Gasteiger partial charge in [-0.25, -0.2) is 4.79 Å². The first-order valence-electron chi connectivity index (χ1n) is 8.55. The molecule has 2 N–H and O–H groups in total. The lowest BCUT2D eigenvalue weighted by molar-refractivity contribution is -0.906. The molecule has 6 nitrogen and oxygen atoms in total. The van der Waals surface area contributed by atoms with Crippen molar-refractivity contribution in [2.45, 2.75) is 6.42 Å². The average molecular weight is 343 g/mol. The van der Waals surface area contributed by atoms with E-state index < -0.39 is 11.5 Å². The van der Waals surface area contributed by atoms with E-state index in [9.17, 15) is 9.59 Å². The van der Waals surface area contributed by atoms with E-state index in [1.807, 2.05) is 18.2 Å². The highest BCUT2D eigenvalue weighted by Crippen LogP contribution is 2.19. The zero-order valence-electron chi connectivity index (χ0n) is 14.2. The summed E-state index contributed by atoms with van der Waals surface area (Å²) in [5.74, 6) is -0.391. The van der Waals surface area contributed by atoms with Crippen LogP contribution in [0.1, 0.15) is 15.9 Å². The van der Waals surface area contributed by atoms with Gasteiger partial charge in [0.05, 0.1) is 26.3 Å². The number of benzene rings is 1. The lowest BCUT2D eigenvalue weighted by Crippen LogP contribution is -3.14. The Hall–Kier alpha value is -2.44. The number of amides is 1. The minimum Gasteiger partial charge on any atom is -0.422 e. The molecule has 0 aliphatic carbocycles. The van der Waals surface area contributed by atoms with Crippen molar-refractivity contribution in [3.05, 3.63) is 58.5 Å². The van der Waals surface area contributed by atoms with Crippen LogP contribution in [0.25, 0.3) is 11.0 Å². The van der Waals surface area contributed by atoms with Crippen molar-refractivity contribution in [1.82, 2.24) is 5.32 Å². The number of fused-ring (bicyclic) bond motifs is 1. The number of carbonyl (C=O) groups is 1. The maximum absolute atomic E-state index is 12.3. The molecule has 132 valence electrons. The number of rotatable bonds is 6. The predicted octanol–water partition coefficient (Wildman–Crippen LogP) is 0.166. The summed E-state index contributed by atoms with van der Waals surface area (Å²) in [6, 6.07) is 7.20. The van der Waals surface area contributed by atoms with Gasteiger partial charge in [-0.15, -0.1) is 6.58 Å². The molecule has 0 radical (unpaired) electrons. The molecule has 1 aliphatic heterocycles. The van der Waals surface area contributed by atoms with Gasteiger partial charge < -0.3 is 19.4 Å². The van der Waals surface area contributed by atoms with E-state index in [4.69, 9.17) is 9.15 Å². The van der Waals surface area contributed by atoms with Crippen LogP contribution in [0.2, 0.25) is 0 Å². The molecule has 1 aromatic carbocycles. The van der Waals surface area contributed by atoms with Crippen molar-refractivity contribution in [2.24, 2.45) is 0 Å². The molecule has 0 bridgehead atoms. The van der Waals surface area contributed by atoms with Gasteiger partial charge in [-0.05, 0) is 18.1 Å². The number of quaternary nitrogens is 1. The summed E-state index contributed by atoms with van der Waals surface area (Å²) in [6.45, 7) is 8.44. The van der Waals surface area contributed by atoms with Gasteiger partial charge in [-0.3, -0.25) is 4.79 Å². The van der Waals surface area contributed by atoms with Gasteiger partial charge in [-0.2, -0.15) is 0 Å². The van der Waals surface area contributed by atoms with E-state index >= 15 is 0 Å². The third-order valence-corrected chi connectivity index (χ3v) is 4.41. The van der Waals surface area contributed by atoms with Crippen LogP contribution in [-0.2, 0) is 11.2 Å². The first-order chi connectivity index (χ1) is 12.2. The minimum atomic E-state index is -0.611.